The molecule has 8 heavy (non-hydrogen) atoms. The highest BCUT2D eigenvalue weighted by Crippen LogP contribution is 2.15. The van der Waals surface area contributed by atoms with E-state index in [1.165, 1.54) is 0 Å². The molecule has 0 saturated heterocycles. The van der Waals surface area contributed by atoms with E-state index in [0.717, 1.165) is 0 Å². The van der Waals surface area contributed by atoms with E-state index in [9.17, 15) is 0 Å². The first kappa shape index (κ1) is 5.79. The summed E-state index contributed by atoms with van der Waals surface area (Å²) in [6, 6.07) is 0. The average Bonchev–Trinajstić information content (AvgIpc) is 2.14. The third kappa shape index (κ3) is 1.08. The molecule has 2 heteroatoms. The number of hydrogen-bond donors (Lipinski definition) is 2. The largest absolute Gasteiger partial charge is 0.396 e. The Bertz CT molecular complexity index is 98.7. The van der Waals surface area contributed by atoms with Gasteiger partial charge in [-0.25, -0.2) is 0 Å². The Morgan fingerprint density at radius 1 is 1.50 bits per heavy atom. The first-order valence-electron chi connectivity index (χ1n) is 2.80. The number of hydrogen-bond acceptors (Lipinski definition) is 2. The van der Waals surface area contributed by atoms with Crippen LogP contribution in [-0.2, 0) is 0 Å². The molecule has 0 saturated carbocycles. The lowest BCUT2D eigenvalue weighted by molar-refractivity contribution is 0.181. The predicted molar refractivity (Wildman–Crippen MR) is 30.3 cm³/mol. The molecule has 2 nitrogen and oxygen atoms in total. The zero-order chi connectivity index (χ0) is 5.98. The van der Waals surface area contributed by atoms with Crippen molar-refractivity contribution in [1.82, 2.24) is 0 Å². The van der Waals surface area contributed by atoms with Gasteiger partial charge >= 0.3 is 0 Å². The van der Waals surface area contributed by atoms with Crippen molar-refractivity contribution < 1.29 is 10.2 Å². The van der Waals surface area contributed by atoms with Crippen LogP contribution in [0.3, 0.4) is 0 Å². The van der Waals surface area contributed by atoms with E-state index in [2.05, 4.69) is 0 Å². The van der Waals surface area contributed by atoms with Crippen molar-refractivity contribution >= 4 is 0 Å². The van der Waals surface area contributed by atoms with Gasteiger partial charge in [0, 0.05) is 12.5 Å². The Labute approximate surface area is 48.5 Å². The van der Waals surface area contributed by atoms with Crippen LogP contribution < -0.4 is 0 Å². The molecule has 0 aliphatic heterocycles. The van der Waals surface area contributed by atoms with Gasteiger partial charge in [-0.1, -0.05) is 12.2 Å². The molecule has 0 aromatic heterocycles. The molecule has 1 aliphatic rings. The maximum atomic E-state index is 8.83. The predicted octanol–water partition coefficient (Wildman–Crippen LogP) is -0.0843. The van der Waals surface area contributed by atoms with E-state index in [-0.39, 0.29) is 18.6 Å². The molecule has 0 fully saturated rings. The van der Waals surface area contributed by atoms with Gasteiger partial charge in [0.25, 0.3) is 0 Å². The van der Waals surface area contributed by atoms with E-state index in [1.807, 2.05) is 6.08 Å². The van der Waals surface area contributed by atoms with Crippen LogP contribution in [0.1, 0.15) is 6.42 Å². The Hall–Kier alpha value is -0.340. The fourth-order valence-electron chi connectivity index (χ4n) is 0.888. The molecule has 2 atom stereocenters. The zero-order valence-electron chi connectivity index (χ0n) is 4.62. The number of rotatable bonds is 1. The molecule has 0 radical (unpaired) electrons. The molecule has 2 N–H and O–H groups in total. The molecule has 0 amide bonds. The first-order valence-corrected chi connectivity index (χ1v) is 2.80. The fraction of sp³-hybridized carbons (Fsp3) is 0.667. The molecule has 0 aromatic carbocycles. The van der Waals surface area contributed by atoms with Gasteiger partial charge in [0.15, 0.2) is 0 Å². The summed E-state index contributed by atoms with van der Waals surface area (Å²) in [4.78, 5) is 0. The summed E-state index contributed by atoms with van der Waals surface area (Å²) in [5, 5.41) is 17.4. The highest BCUT2D eigenvalue weighted by molar-refractivity contribution is 5.01. The molecule has 1 aliphatic carbocycles. The number of aliphatic hydroxyl groups excluding tert-OH is 2. The Morgan fingerprint density at radius 3 is 2.50 bits per heavy atom. The second-order valence-corrected chi connectivity index (χ2v) is 2.13. The van der Waals surface area contributed by atoms with Crippen LogP contribution in [0.5, 0.6) is 0 Å². The van der Waals surface area contributed by atoms with E-state index >= 15 is 0 Å². The van der Waals surface area contributed by atoms with Crippen LogP contribution in [0.25, 0.3) is 0 Å². The average molecular weight is 114 g/mol. The van der Waals surface area contributed by atoms with Gasteiger partial charge in [-0.3, -0.25) is 0 Å². The Morgan fingerprint density at radius 2 is 2.25 bits per heavy atom. The van der Waals surface area contributed by atoms with Crippen molar-refractivity contribution in [1.29, 1.82) is 0 Å². The van der Waals surface area contributed by atoms with E-state index < -0.39 is 0 Å². The minimum absolute atomic E-state index is 0.160. The van der Waals surface area contributed by atoms with Crippen molar-refractivity contribution in [2.75, 3.05) is 6.61 Å². The van der Waals surface area contributed by atoms with Crippen LogP contribution in [0.2, 0.25) is 0 Å². The first-order chi connectivity index (χ1) is 3.83. The second-order valence-electron chi connectivity index (χ2n) is 2.13. The quantitative estimate of drug-likeness (QED) is 0.468. The zero-order valence-corrected chi connectivity index (χ0v) is 4.62. The van der Waals surface area contributed by atoms with Crippen LogP contribution in [0.15, 0.2) is 12.2 Å². The van der Waals surface area contributed by atoms with Crippen LogP contribution in [0.4, 0.5) is 0 Å². The third-order valence-corrected chi connectivity index (χ3v) is 1.38. The van der Waals surface area contributed by atoms with Gasteiger partial charge in [-0.05, 0) is 6.42 Å². The lowest BCUT2D eigenvalue weighted by Gasteiger charge is -2.01. The molecule has 0 spiro atoms. The highest BCUT2D eigenvalue weighted by Gasteiger charge is 2.14. The monoisotopic (exact) mass is 114 g/mol. The minimum Gasteiger partial charge on any atom is -0.396 e. The summed E-state index contributed by atoms with van der Waals surface area (Å²) in [7, 11) is 0. The van der Waals surface area contributed by atoms with Crippen LogP contribution in [0, 0.1) is 5.92 Å². The summed E-state index contributed by atoms with van der Waals surface area (Å²) >= 11 is 0. The summed E-state index contributed by atoms with van der Waals surface area (Å²) in [6.45, 7) is 0.160. The summed E-state index contributed by atoms with van der Waals surface area (Å²) in [5.41, 5.74) is 0. The van der Waals surface area contributed by atoms with Crippen molar-refractivity contribution in [3.63, 3.8) is 0 Å². The van der Waals surface area contributed by atoms with Crippen molar-refractivity contribution in [3.05, 3.63) is 12.2 Å². The lowest BCUT2D eigenvalue weighted by Crippen LogP contribution is -2.04. The maximum Gasteiger partial charge on any atom is 0.0727 e. The third-order valence-electron chi connectivity index (χ3n) is 1.38. The van der Waals surface area contributed by atoms with Crippen LogP contribution in [-0.4, -0.2) is 22.9 Å². The van der Waals surface area contributed by atoms with Gasteiger partial charge in [-0.2, -0.15) is 0 Å². The Kier molecular flexibility index (Phi) is 1.65. The molecule has 0 aromatic rings. The molecular formula is C6H10O2. The SMILES string of the molecule is OC[C@H]1C=CC(O)C1. The van der Waals surface area contributed by atoms with Gasteiger partial charge in [0.05, 0.1) is 6.10 Å². The maximum absolute atomic E-state index is 8.83. The lowest BCUT2D eigenvalue weighted by atomic mass is 10.1. The molecule has 46 valence electrons. The van der Waals surface area contributed by atoms with Gasteiger partial charge in [-0.15, -0.1) is 0 Å². The normalized spacial score (nSPS) is 36.2. The molecule has 0 heterocycles. The smallest absolute Gasteiger partial charge is 0.0727 e. The fourth-order valence-corrected chi connectivity index (χ4v) is 0.888. The molecule has 1 rings (SSSR count). The van der Waals surface area contributed by atoms with Gasteiger partial charge in [0.2, 0.25) is 0 Å². The molecule has 1 unspecified atom stereocenters. The van der Waals surface area contributed by atoms with E-state index in [0.29, 0.717) is 6.42 Å². The van der Waals surface area contributed by atoms with Crippen molar-refractivity contribution in [3.8, 4) is 0 Å². The van der Waals surface area contributed by atoms with Crippen molar-refractivity contribution in [2.45, 2.75) is 12.5 Å². The van der Waals surface area contributed by atoms with E-state index in [4.69, 9.17) is 10.2 Å². The summed E-state index contributed by atoms with van der Waals surface area (Å²) in [5.74, 6) is 0.199. The standard InChI is InChI=1S/C6H10O2/c7-4-5-1-2-6(8)3-5/h1-2,5-8H,3-4H2/t5-,6?/m0/s1. The topological polar surface area (TPSA) is 40.5 Å². The highest BCUT2D eigenvalue weighted by atomic mass is 16.3. The second kappa shape index (κ2) is 2.29. The molecule has 0 bridgehead atoms. The summed E-state index contributed by atoms with van der Waals surface area (Å²) < 4.78 is 0. The van der Waals surface area contributed by atoms with Crippen LogP contribution >= 0.6 is 0 Å². The molecular weight excluding hydrogens is 104 g/mol. The van der Waals surface area contributed by atoms with Gasteiger partial charge in [0.1, 0.15) is 0 Å². The van der Waals surface area contributed by atoms with Crippen molar-refractivity contribution in [2.24, 2.45) is 5.92 Å². The summed E-state index contributed by atoms with van der Waals surface area (Å²) in [6.07, 6.45) is 3.95. The van der Waals surface area contributed by atoms with Gasteiger partial charge < -0.3 is 10.2 Å². The number of aliphatic hydroxyl groups is 2. The Balaban J connectivity index is 2.34. The minimum atomic E-state index is -0.313. The van der Waals surface area contributed by atoms with E-state index in [1.54, 1.807) is 6.08 Å².